The van der Waals surface area contributed by atoms with Gasteiger partial charge in [0.25, 0.3) is 5.91 Å². The molecule has 196 valence electrons. The minimum atomic E-state index is -2.59. The van der Waals surface area contributed by atoms with Crippen LogP contribution in [0.5, 0.6) is 0 Å². The van der Waals surface area contributed by atoms with Crippen LogP contribution in [0.4, 0.5) is 0 Å². The molecule has 0 unspecified atom stereocenters. The van der Waals surface area contributed by atoms with E-state index < -0.39 is 35.5 Å². The minimum Gasteiger partial charge on any atom is -0.370 e. The molecule has 2 saturated heterocycles. The monoisotopic (exact) mass is 510 g/mol. The summed E-state index contributed by atoms with van der Waals surface area (Å²) in [5.74, 6) is -3.79. The molecule has 4 aliphatic heterocycles. The number of hydrogen-bond donors (Lipinski definition) is 6. The van der Waals surface area contributed by atoms with Gasteiger partial charge in [0.15, 0.2) is 17.6 Å². The van der Waals surface area contributed by atoms with E-state index in [-0.39, 0.29) is 49.7 Å². The minimum absolute atomic E-state index is 0.0425. The Morgan fingerprint density at radius 2 is 1.84 bits per heavy atom. The van der Waals surface area contributed by atoms with Gasteiger partial charge in [-0.3, -0.25) is 19.3 Å². The highest BCUT2D eigenvalue weighted by molar-refractivity contribution is 6.02. The highest BCUT2D eigenvalue weighted by Gasteiger charge is 2.73. The molecule has 4 heterocycles. The van der Waals surface area contributed by atoms with Gasteiger partial charge >= 0.3 is 0 Å². The zero-order chi connectivity index (χ0) is 26.1. The first-order valence-electron chi connectivity index (χ1n) is 12.6. The van der Waals surface area contributed by atoms with Crippen LogP contribution in [-0.2, 0) is 22.4 Å². The Morgan fingerprint density at radius 1 is 1.11 bits per heavy atom. The van der Waals surface area contributed by atoms with Crippen molar-refractivity contribution >= 4 is 29.6 Å². The summed E-state index contributed by atoms with van der Waals surface area (Å²) in [6.45, 7) is -0.204. The smallest absolute Gasteiger partial charge is 0.252 e. The molecule has 0 aromatic heterocycles. The second-order valence-corrected chi connectivity index (χ2v) is 10.3. The number of fused-ring (bicyclic) bond motifs is 1. The van der Waals surface area contributed by atoms with Crippen molar-refractivity contribution in [2.24, 2.45) is 21.5 Å². The van der Waals surface area contributed by atoms with Crippen molar-refractivity contribution in [1.82, 2.24) is 20.4 Å². The number of rotatable bonds is 4. The van der Waals surface area contributed by atoms with Crippen LogP contribution >= 0.6 is 0 Å². The van der Waals surface area contributed by atoms with E-state index >= 15 is 0 Å². The number of benzene rings is 1. The van der Waals surface area contributed by atoms with Gasteiger partial charge in [-0.1, -0.05) is 12.1 Å². The Kier molecular flexibility index (Phi) is 5.21. The molecule has 5 aliphatic rings. The van der Waals surface area contributed by atoms with Gasteiger partial charge in [-0.2, -0.15) is 0 Å². The summed E-state index contributed by atoms with van der Waals surface area (Å²) in [6, 6.07) is 2.54. The highest BCUT2D eigenvalue weighted by atomic mass is 16.5. The zero-order valence-electron chi connectivity index (χ0n) is 20.2. The first kappa shape index (κ1) is 23.7. The summed E-state index contributed by atoms with van der Waals surface area (Å²) in [5, 5.41) is 28.9. The number of carbonyl (C=O) groups excluding carboxylic acids is 3. The largest absolute Gasteiger partial charge is 0.370 e. The van der Waals surface area contributed by atoms with Crippen LogP contribution in [0.15, 0.2) is 28.2 Å². The first-order valence-corrected chi connectivity index (χ1v) is 12.6. The number of aliphatic hydroxyl groups is 2. The van der Waals surface area contributed by atoms with Gasteiger partial charge in [-0.25, -0.2) is 9.98 Å². The molecular weight excluding hydrogens is 480 g/mol. The molecular formula is C24H30N8O5. The summed E-state index contributed by atoms with van der Waals surface area (Å²) in [7, 11) is 0. The van der Waals surface area contributed by atoms with Crippen molar-refractivity contribution in [3.8, 4) is 0 Å². The third-order valence-electron chi connectivity index (χ3n) is 8.27. The molecule has 3 amide bonds. The van der Waals surface area contributed by atoms with Gasteiger partial charge in [0.2, 0.25) is 17.6 Å². The predicted molar refractivity (Wildman–Crippen MR) is 131 cm³/mol. The van der Waals surface area contributed by atoms with Gasteiger partial charge in [0.05, 0.1) is 12.6 Å². The fourth-order valence-corrected chi connectivity index (χ4v) is 6.48. The number of nitrogens with one attached hydrogen (secondary N) is 2. The number of amides is 3. The van der Waals surface area contributed by atoms with Gasteiger partial charge < -0.3 is 37.2 Å². The topological polar surface area (TPSA) is 199 Å². The van der Waals surface area contributed by atoms with Gasteiger partial charge in [0, 0.05) is 24.9 Å². The second-order valence-electron chi connectivity index (χ2n) is 10.3. The highest BCUT2D eigenvalue weighted by Crippen LogP contribution is 2.45. The number of guanidine groups is 2. The third-order valence-corrected chi connectivity index (χ3v) is 8.27. The van der Waals surface area contributed by atoms with Crippen LogP contribution in [0.2, 0.25) is 0 Å². The molecule has 2 fully saturated rings. The van der Waals surface area contributed by atoms with Crippen LogP contribution in [0.25, 0.3) is 0 Å². The maximum Gasteiger partial charge on any atom is 0.252 e. The summed E-state index contributed by atoms with van der Waals surface area (Å²) in [6.07, 6.45) is 3.96. The Hall–Kier alpha value is -3.71. The zero-order valence-corrected chi connectivity index (χ0v) is 20.2. The molecule has 0 saturated carbocycles. The third kappa shape index (κ3) is 3.33. The van der Waals surface area contributed by atoms with Crippen LogP contribution in [0.3, 0.4) is 0 Å². The van der Waals surface area contributed by atoms with Crippen molar-refractivity contribution in [1.29, 1.82) is 0 Å². The van der Waals surface area contributed by atoms with E-state index in [1.165, 1.54) is 4.90 Å². The van der Waals surface area contributed by atoms with Crippen molar-refractivity contribution in [3.05, 3.63) is 34.9 Å². The van der Waals surface area contributed by atoms with E-state index in [9.17, 15) is 24.6 Å². The SMILES string of the molecule is NC1=N[C@H]2[C@H](CN3C(=O)CCC3=O)N=C(N)N3C[C@H](NC(=O)c4cccc5c4CCCC5)C(O)(O)[C@]23N1. The van der Waals surface area contributed by atoms with E-state index in [2.05, 4.69) is 20.6 Å². The molecule has 8 N–H and O–H groups in total. The van der Waals surface area contributed by atoms with Crippen molar-refractivity contribution < 1.29 is 24.6 Å². The lowest BCUT2D eigenvalue weighted by Crippen LogP contribution is -2.78. The molecule has 4 atom stereocenters. The summed E-state index contributed by atoms with van der Waals surface area (Å²) < 4.78 is 0. The number of aryl methyl sites for hydroxylation is 1. The van der Waals surface area contributed by atoms with Gasteiger partial charge in [0.1, 0.15) is 12.1 Å². The molecule has 13 heteroatoms. The summed E-state index contributed by atoms with van der Waals surface area (Å²) >= 11 is 0. The number of nitrogens with two attached hydrogens (primary N) is 2. The Bertz CT molecular complexity index is 1250. The van der Waals surface area contributed by atoms with E-state index in [1.54, 1.807) is 6.07 Å². The fourth-order valence-electron chi connectivity index (χ4n) is 6.48. The van der Waals surface area contributed by atoms with Gasteiger partial charge in [-0.15, -0.1) is 0 Å². The molecule has 6 rings (SSSR count). The van der Waals surface area contributed by atoms with Gasteiger partial charge in [-0.05, 0) is 42.9 Å². The summed E-state index contributed by atoms with van der Waals surface area (Å²) in [4.78, 5) is 49.3. The summed E-state index contributed by atoms with van der Waals surface area (Å²) in [5.41, 5.74) is 13.2. The van der Waals surface area contributed by atoms with Crippen LogP contribution in [0, 0.1) is 0 Å². The standard InChI is InChI=1S/C24H30N8O5/c25-21-29-19-15(10-31-17(33)8-9-18(31)34)27-22(26)32-11-16(24(36,37)23(19,32)30-21)28-20(35)14-7-3-5-12-4-1-2-6-13(12)14/h3,5,7,15-16,19,36-37H,1-2,4,6,8-11H2,(H2,26,27)(H,28,35)(H3,25,29,30)/t15-,16-,19-,23-/m0/s1. The number of aliphatic imine (C=N–C) groups is 2. The molecule has 13 nitrogen and oxygen atoms in total. The first-order chi connectivity index (χ1) is 17.6. The van der Waals surface area contributed by atoms with E-state index in [0.29, 0.717) is 5.56 Å². The lowest BCUT2D eigenvalue weighted by molar-refractivity contribution is -0.230. The van der Waals surface area contributed by atoms with E-state index in [4.69, 9.17) is 11.5 Å². The van der Waals surface area contributed by atoms with Crippen LogP contribution in [-0.4, -0.2) is 92.3 Å². The normalized spacial score (nSPS) is 31.8. The lowest BCUT2D eigenvalue weighted by Gasteiger charge is -2.49. The van der Waals surface area contributed by atoms with Crippen molar-refractivity contribution in [3.63, 3.8) is 0 Å². The van der Waals surface area contributed by atoms with E-state index in [1.807, 2.05) is 12.1 Å². The maximum atomic E-state index is 13.4. The molecule has 1 spiro atoms. The average Bonchev–Trinajstić information content (AvgIpc) is 3.46. The average molecular weight is 511 g/mol. The maximum absolute atomic E-state index is 13.4. The van der Waals surface area contributed by atoms with Crippen LogP contribution in [0.1, 0.15) is 47.2 Å². The number of hydrogen-bond acceptors (Lipinski definition) is 11. The number of likely N-dealkylation sites (tertiary alicyclic amines) is 1. The number of nitrogens with zero attached hydrogens (tertiary/aromatic N) is 4. The Labute approximate surface area is 212 Å². The molecule has 37 heavy (non-hydrogen) atoms. The van der Waals surface area contributed by atoms with Crippen LogP contribution < -0.4 is 22.1 Å². The second kappa shape index (κ2) is 8.15. The number of carbonyl (C=O) groups is 3. The molecule has 1 aromatic carbocycles. The molecule has 0 radical (unpaired) electrons. The van der Waals surface area contributed by atoms with Crippen molar-refractivity contribution in [2.45, 2.75) is 68.1 Å². The molecule has 1 aromatic rings. The lowest BCUT2D eigenvalue weighted by atomic mass is 9.84. The molecule has 0 bridgehead atoms. The fraction of sp³-hybridized carbons (Fsp3) is 0.542. The predicted octanol–water partition coefficient (Wildman–Crippen LogP) is -2.51. The Balaban J connectivity index is 1.31. The quantitative estimate of drug-likeness (QED) is 0.187. The van der Waals surface area contributed by atoms with Crippen molar-refractivity contribution in [2.75, 3.05) is 13.1 Å². The van der Waals surface area contributed by atoms with E-state index in [0.717, 1.165) is 41.7 Å². The number of imide groups is 1. The Morgan fingerprint density at radius 3 is 2.59 bits per heavy atom. The molecule has 1 aliphatic carbocycles.